The maximum Gasteiger partial charge on any atom is 0.0587 e. The second-order valence-electron chi connectivity index (χ2n) is 3.65. The first-order chi connectivity index (χ1) is 6.43. The Labute approximate surface area is 81.4 Å². The molecule has 1 saturated heterocycles. The highest BCUT2D eigenvalue weighted by Gasteiger charge is 2.08. The minimum Gasteiger partial charge on any atom is -0.383 e. The summed E-state index contributed by atoms with van der Waals surface area (Å²) in [5, 5.41) is 3.37. The Morgan fingerprint density at radius 1 is 1.15 bits per heavy atom. The van der Waals surface area contributed by atoms with Crippen molar-refractivity contribution >= 4 is 0 Å². The van der Waals surface area contributed by atoms with Crippen molar-refractivity contribution in [3.05, 3.63) is 0 Å². The Hall–Kier alpha value is -0.120. The van der Waals surface area contributed by atoms with Gasteiger partial charge in [0.05, 0.1) is 6.61 Å². The molecule has 3 heteroatoms. The van der Waals surface area contributed by atoms with Gasteiger partial charge in [0.25, 0.3) is 0 Å². The highest BCUT2D eigenvalue weighted by atomic mass is 16.5. The van der Waals surface area contributed by atoms with Crippen LogP contribution in [0.3, 0.4) is 0 Å². The zero-order chi connectivity index (χ0) is 9.36. The molecule has 1 aliphatic heterocycles. The van der Waals surface area contributed by atoms with E-state index in [9.17, 15) is 0 Å². The van der Waals surface area contributed by atoms with Crippen molar-refractivity contribution in [3.8, 4) is 0 Å². The number of methoxy groups -OCH3 is 1. The molecule has 1 fully saturated rings. The Morgan fingerprint density at radius 2 is 1.92 bits per heavy atom. The minimum absolute atomic E-state index is 0.819. The van der Waals surface area contributed by atoms with Gasteiger partial charge in [-0.1, -0.05) is 6.42 Å². The van der Waals surface area contributed by atoms with Crippen molar-refractivity contribution < 1.29 is 4.74 Å². The minimum atomic E-state index is 0.819. The molecule has 0 saturated carbocycles. The number of likely N-dealkylation sites (tertiary alicyclic amines) is 1. The van der Waals surface area contributed by atoms with E-state index in [1.165, 1.54) is 38.9 Å². The van der Waals surface area contributed by atoms with Crippen LogP contribution in [0.1, 0.15) is 19.3 Å². The maximum atomic E-state index is 4.96. The molecule has 3 nitrogen and oxygen atoms in total. The van der Waals surface area contributed by atoms with E-state index >= 15 is 0 Å². The van der Waals surface area contributed by atoms with Crippen molar-refractivity contribution in [2.45, 2.75) is 19.3 Å². The van der Waals surface area contributed by atoms with Crippen LogP contribution >= 0.6 is 0 Å². The van der Waals surface area contributed by atoms with Crippen LogP contribution in [-0.2, 0) is 4.74 Å². The Kier molecular flexibility index (Phi) is 6.15. The summed E-state index contributed by atoms with van der Waals surface area (Å²) in [5.41, 5.74) is 0. The first kappa shape index (κ1) is 11.0. The second kappa shape index (κ2) is 7.30. The van der Waals surface area contributed by atoms with Crippen LogP contribution in [0.5, 0.6) is 0 Å². The molecule has 1 aliphatic rings. The summed E-state index contributed by atoms with van der Waals surface area (Å²) in [6, 6.07) is 0. The van der Waals surface area contributed by atoms with Gasteiger partial charge in [-0.05, 0) is 25.9 Å². The average molecular weight is 186 g/mol. The molecular formula is C10H22N2O. The first-order valence-electron chi connectivity index (χ1n) is 5.35. The molecule has 0 aromatic heterocycles. The average Bonchev–Trinajstić information content (AvgIpc) is 2.19. The smallest absolute Gasteiger partial charge is 0.0587 e. The van der Waals surface area contributed by atoms with E-state index in [1.807, 2.05) is 0 Å². The molecule has 1 N–H and O–H groups in total. The van der Waals surface area contributed by atoms with Crippen LogP contribution in [0.4, 0.5) is 0 Å². The van der Waals surface area contributed by atoms with Crippen LogP contribution in [-0.4, -0.2) is 51.3 Å². The molecule has 0 aliphatic carbocycles. The number of hydrogen-bond acceptors (Lipinski definition) is 3. The molecule has 0 atom stereocenters. The molecule has 0 aromatic rings. The molecule has 0 aromatic carbocycles. The third kappa shape index (κ3) is 5.24. The van der Waals surface area contributed by atoms with Gasteiger partial charge in [-0.15, -0.1) is 0 Å². The van der Waals surface area contributed by atoms with E-state index in [-0.39, 0.29) is 0 Å². The highest BCUT2D eigenvalue weighted by Crippen LogP contribution is 2.06. The van der Waals surface area contributed by atoms with Gasteiger partial charge in [0.1, 0.15) is 0 Å². The monoisotopic (exact) mass is 186 g/mol. The normalized spacial score (nSPS) is 19.2. The molecule has 0 unspecified atom stereocenters. The van der Waals surface area contributed by atoms with Gasteiger partial charge in [-0.3, -0.25) is 0 Å². The van der Waals surface area contributed by atoms with E-state index in [1.54, 1.807) is 7.11 Å². The zero-order valence-electron chi connectivity index (χ0n) is 8.72. The van der Waals surface area contributed by atoms with Gasteiger partial charge in [0.2, 0.25) is 0 Å². The number of nitrogens with zero attached hydrogens (tertiary/aromatic N) is 1. The van der Waals surface area contributed by atoms with Crippen molar-refractivity contribution in [2.75, 3.05) is 46.4 Å². The summed E-state index contributed by atoms with van der Waals surface area (Å²) >= 11 is 0. The first-order valence-corrected chi connectivity index (χ1v) is 5.35. The number of ether oxygens (including phenoxy) is 1. The van der Waals surface area contributed by atoms with Gasteiger partial charge < -0.3 is 15.0 Å². The molecular weight excluding hydrogens is 164 g/mol. The lowest BCUT2D eigenvalue weighted by atomic mass is 10.1. The van der Waals surface area contributed by atoms with Crippen LogP contribution in [0, 0.1) is 0 Å². The number of piperidine rings is 1. The fourth-order valence-corrected chi connectivity index (χ4v) is 1.72. The largest absolute Gasteiger partial charge is 0.383 e. The number of rotatable bonds is 6. The SMILES string of the molecule is COCCNCCN1CCCCC1. The summed E-state index contributed by atoms with van der Waals surface area (Å²) in [6.45, 7) is 6.69. The van der Waals surface area contributed by atoms with E-state index in [0.717, 1.165) is 19.7 Å². The topological polar surface area (TPSA) is 24.5 Å². The molecule has 0 spiro atoms. The van der Waals surface area contributed by atoms with Gasteiger partial charge in [-0.25, -0.2) is 0 Å². The molecule has 0 amide bonds. The molecule has 1 heterocycles. The standard InChI is InChI=1S/C10H22N2O/c1-13-10-6-11-5-9-12-7-3-2-4-8-12/h11H,2-10H2,1H3. The summed E-state index contributed by atoms with van der Waals surface area (Å²) in [4.78, 5) is 2.54. The molecule has 78 valence electrons. The van der Waals surface area contributed by atoms with E-state index in [2.05, 4.69) is 10.2 Å². The van der Waals surface area contributed by atoms with Crippen molar-refractivity contribution in [1.29, 1.82) is 0 Å². The van der Waals surface area contributed by atoms with Gasteiger partial charge in [0, 0.05) is 26.7 Å². The van der Waals surface area contributed by atoms with Gasteiger partial charge in [-0.2, -0.15) is 0 Å². The van der Waals surface area contributed by atoms with Crippen LogP contribution in [0.2, 0.25) is 0 Å². The van der Waals surface area contributed by atoms with E-state index < -0.39 is 0 Å². The molecule has 0 radical (unpaired) electrons. The van der Waals surface area contributed by atoms with Crippen LogP contribution in [0.15, 0.2) is 0 Å². The fourth-order valence-electron chi connectivity index (χ4n) is 1.72. The summed E-state index contributed by atoms with van der Waals surface area (Å²) < 4.78 is 4.96. The lowest BCUT2D eigenvalue weighted by molar-refractivity contribution is 0.193. The van der Waals surface area contributed by atoms with E-state index in [0.29, 0.717) is 0 Å². The third-order valence-electron chi connectivity index (χ3n) is 2.54. The summed E-state index contributed by atoms with van der Waals surface area (Å²) in [7, 11) is 1.74. The van der Waals surface area contributed by atoms with Crippen molar-refractivity contribution in [3.63, 3.8) is 0 Å². The fraction of sp³-hybridized carbons (Fsp3) is 1.00. The summed E-state index contributed by atoms with van der Waals surface area (Å²) in [5.74, 6) is 0. The third-order valence-corrected chi connectivity index (χ3v) is 2.54. The Bertz CT molecular complexity index is 113. The van der Waals surface area contributed by atoms with Crippen LogP contribution in [0.25, 0.3) is 0 Å². The lowest BCUT2D eigenvalue weighted by Gasteiger charge is -2.26. The van der Waals surface area contributed by atoms with Crippen LogP contribution < -0.4 is 5.32 Å². The van der Waals surface area contributed by atoms with Gasteiger partial charge in [0.15, 0.2) is 0 Å². The highest BCUT2D eigenvalue weighted by molar-refractivity contribution is 4.65. The maximum absolute atomic E-state index is 4.96. The second-order valence-corrected chi connectivity index (χ2v) is 3.65. The Morgan fingerprint density at radius 3 is 2.62 bits per heavy atom. The lowest BCUT2D eigenvalue weighted by Crippen LogP contribution is -2.36. The summed E-state index contributed by atoms with van der Waals surface area (Å²) in [6.07, 6.45) is 4.20. The zero-order valence-corrected chi connectivity index (χ0v) is 8.72. The Balaban J connectivity index is 1.86. The van der Waals surface area contributed by atoms with Crippen molar-refractivity contribution in [1.82, 2.24) is 10.2 Å². The van der Waals surface area contributed by atoms with Crippen molar-refractivity contribution in [2.24, 2.45) is 0 Å². The quantitative estimate of drug-likeness (QED) is 0.618. The number of nitrogens with one attached hydrogen (secondary N) is 1. The predicted octanol–water partition coefficient (Wildman–Crippen LogP) is 0.708. The predicted molar refractivity (Wildman–Crippen MR) is 55.0 cm³/mol. The van der Waals surface area contributed by atoms with E-state index in [4.69, 9.17) is 4.74 Å². The number of hydrogen-bond donors (Lipinski definition) is 1. The molecule has 1 rings (SSSR count). The molecule has 0 bridgehead atoms. The molecule has 13 heavy (non-hydrogen) atoms. The van der Waals surface area contributed by atoms with Gasteiger partial charge >= 0.3 is 0 Å².